The Hall–Kier alpha value is -2.18. The number of nitrogens with zero attached hydrogens (tertiary/aromatic N) is 2. The van der Waals surface area contributed by atoms with E-state index in [1.165, 1.54) is 0 Å². The van der Waals surface area contributed by atoms with Crippen molar-refractivity contribution in [3.05, 3.63) is 59.7 Å². The lowest BCUT2D eigenvalue weighted by Crippen LogP contribution is -2.50. The van der Waals surface area contributed by atoms with Gasteiger partial charge in [-0.1, -0.05) is 24.4 Å². The highest BCUT2D eigenvalue weighted by atomic mass is 32.1. The van der Waals surface area contributed by atoms with Gasteiger partial charge in [0.2, 0.25) is 0 Å². The van der Waals surface area contributed by atoms with Crippen molar-refractivity contribution in [2.75, 3.05) is 40.4 Å². The van der Waals surface area contributed by atoms with Gasteiger partial charge in [0, 0.05) is 37.3 Å². The molecular formula is C20H22N2O2S2. The third kappa shape index (κ3) is 4.14. The van der Waals surface area contributed by atoms with E-state index in [1.807, 2.05) is 48.5 Å². The molecule has 0 aliphatic carbocycles. The summed E-state index contributed by atoms with van der Waals surface area (Å²) in [4.78, 5) is 6.24. The van der Waals surface area contributed by atoms with E-state index in [-0.39, 0.29) is 0 Å². The van der Waals surface area contributed by atoms with Gasteiger partial charge >= 0.3 is 0 Å². The summed E-state index contributed by atoms with van der Waals surface area (Å²) >= 11 is 11.3. The van der Waals surface area contributed by atoms with Gasteiger partial charge in [0.25, 0.3) is 0 Å². The smallest absolute Gasteiger partial charge is 0.118 e. The zero-order valence-corrected chi connectivity index (χ0v) is 16.6. The predicted molar refractivity (Wildman–Crippen MR) is 113 cm³/mol. The van der Waals surface area contributed by atoms with Gasteiger partial charge < -0.3 is 19.3 Å². The van der Waals surface area contributed by atoms with Crippen molar-refractivity contribution in [1.29, 1.82) is 0 Å². The first-order chi connectivity index (χ1) is 12.6. The average Bonchev–Trinajstić information content (AvgIpc) is 2.73. The molecule has 4 nitrogen and oxygen atoms in total. The Balaban J connectivity index is 1.59. The molecule has 0 aromatic heterocycles. The molecular weight excluding hydrogens is 364 g/mol. The molecule has 6 heteroatoms. The van der Waals surface area contributed by atoms with Crippen molar-refractivity contribution in [2.24, 2.45) is 0 Å². The molecule has 2 aromatic carbocycles. The molecule has 1 aliphatic rings. The SMILES string of the molecule is COc1ccc(C(=S)N2CCN(C(=S)c3ccc(OC)cc3)CC2)cc1. The summed E-state index contributed by atoms with van der Waals surface area (Å²) in [5.41, 5.74) is 2.10. The minimum absolute atomic E-state index is 0.839. The van der Waals surface area contributed by atoms with E-state index in [0.717, 1.165) is 58.8 Å². The van der Waals surface area contributed by atoms with Crippen LogP contribution in [-0.2, 0) is 0 Å². The second-order valence-electron chi connectivity index (χ2n) is 6.04. The molecule has 136 valence electrons. The molecule has 0 unspecified atom stereocenters. The second kappa shape index (κ2) is 8.47. The number of piperazine rings is 1. The number of benzene rings is 2. The predicted octanol–water partition coefficient (Wildman–Crippen LogP) is 3.37. The quantitative estimate of drug-likeness (QED) is 0.747. The molecule has 3 rings (SSSR count). The van der Waals surface area contributed by atoms with Crippen molar-refractivity contribution in [3.8, 4) is 11.5 Å². The Morgan fingerprint density at radius 3 is 1.23 bits per heavy atom. The highest BCUT2D eigenvalue weighted by Gasteiger charge is 2.22. The largest absolute Gasteiger partial charge is 0.497 e. The number of rotatable bonds is 4. The minimum Gasteiger partial charge on any atom is -0.497 e. The Bertz CT molecular complexity index is 700. The number of hydrogen-bond acceptors (Lipinski definition) is 4. The standard InChI is InChI=1S/C20H22N2O2S2/c1-23-17-7-3-15(4-8-17)19(25)21-11-13-22(14-12-21)20(26)16-5-9-18(24-2)10-6-16/h3-10H,11-14H2,1-2H3. The van der Waals surface area contributed by atoms with Crippen LogP contribution in [0.1, 0.15) is 11.1 Å². The Morgan fingerprint density at radius 1 is 0.654 bits per heavy atom. The first-order valence-electron chi connectivity index (χ1n) is 8.49. The van der Waals surface area contributed by atoms with Gasteiger partial charge in [-0.2, -0.15) is 0 Å². The molecule has 0 spiro atoms. The molecule has 2 aromatic rings. The Labute approximate surface area is 165 Å². The first kappa shape index (κ1) is 18.6. The van der Waals surface area contributed by atoms with Crippen molar-refractivity contribution < 1.29 is 9.47 Å². The third-order valence-electron chi connectivity index (χ3n) is 4.53. The summed E-state index contributed by atoms with van der Waals surface area (Å²) in [5.74, 6) is 1.68. The third-order valence-corrected chi connectivity index (χ3v) is 5.52. The molecule has 1 fully saturated rings. The van der Waals surface area contributed by atoms with Crippen LogP contribution in [0.2, 0.25) is 0 Å². The van der Waals surface area contributed by atoms with Crippen molar-refractivity contribution >= 4 is 34.4 Å². The minimum atomic E-state index is 0.839. The number of methoxy groups -OCH3 is 2. The van der Waals surface area contributed by atoms with Crippen LogP contribution in [-0.4, -0.2) is 60.2 Å². The topological polar surface area (TPSA) is 24.9 Å². The summed E-state index contributed by atoms with van der Waals surface area (Å²) in [6.07, 6.45) is 0. The van der Waals surface area contributed by atoms with E-state index >= 15 is 0 Å². The molecule has 0 saturated carbocycles. The van der Waals surface area contributed by atoms with Crippen LogP contribution in [0.5, 0.6) is 11.5 Å². The number of thiocarbonyl (C=S) groups is 2. The maximum atomic E-state index is 5.67. The van der Waals surface area contributed by atoms with Crippen LogP contribution >= 0.6 is 24.4 Å². The first-order valence-corrected chi connectivity index (χ1v) is 9.30. The van der Waals surface area contributed by atoms with Gasteiger partial charge in [0.05, 0.1) is 14.2 Å². The molecule has 0 bridgehead atoms. The summed E-state index contributed by atoms with van der Waals surface area (Å²) in [5, 5.41) is 0. The fourth-order valence-electron chi connectivity index (χ4n) is 2.94. The van der Waals surface area contributed by atoms with Crippen LogP contribution in [0.4, 0.5) is 0 Å². The lowest BCUT2D eigenvalue weighted by molar-refractivity contribution is 0.265. The van der Waals surface area contributed by atoms with Gasteiger partial charge in [0.1, 0.15) is 21.5 Å². The molecule has 1 aliphatic heterocycles. The lowest BCUT2D eigenvalue weighted by atomic mass is 10.1. The molecule has 0 amide bonds. The Morgan fingerprint density at radius 2 is 0.962 bits per heavy atom. The summed E-state index contributed by atoms with van der Waals surface area (Å²) < 4.78 is 10.4. The van der Waals surface area contributed by atoms with E-state index in [4.69, 9.17) is 33.9 Å². The highest BCUT2D eigenvalue weighted by molar-refractivity contribution is 7.81. The second-order valence-corrected chi connectivity index (χ2v) is 6.81. The maximum Gasteiger partial charge on any atom is 0.118 e. The van der Waals surface area contributed by atoms with E-state index in [1.54, 1.807) is 14.2 Å². The molecule has 0 N–H and O–H groups in total. The number of hydrogen-bond donors (Lipinski definition) is 0. The van der Waals surface area contributed by atoms with E-state index < -0.39 is 0 Å². The Kier molecular flexibility index (Phi) is 6.06. The summed E-state index contributed by atoms with van der Waals surface area (Å²) in [7, 11) is 3.33. The van der Waals surface area contributed by atoms with Gasteiger partial charge in [-0.25, -0.2) is 0 Å². The molecule has 1 heterocycles. The average molecular weight is 387 g/mol. The zero-order chi connectivity index (χ0) is 18.5. The van der Waals surface area contributed by atoms with Crippen molar-refractivity contribution in [2.45, 2.75) is 0 Å². The molecule has 26 heavy (non-hydrogen) atoms. The number of ether oxygens (including phenoxy) is 2. The zero-order valence-electron chi connectivity index (χ0n) is 15.0. The van der Waals surface area contributed by atoms with E-state index in [0.29, 0.717) is 0 Å². The van der Waals surface area contributed by atoms with Crippen molar-refractivity contribution in [1.82, 2.24) is 9.80 Å². The normalized spacial score (nSPS) is 14.1. The molecule has 1 saturated heterocycles. The lowest BCUT2D eigenvalue weighted by Gasteiger charge is -2.37. The van der Waals surface area contributed by atoms with Gasteiger partial charge in [0.15, 0.2) is 0 Å². The van der Waals surface area contributed by atoms with Gasteiger partial charge in [-0.05, 0) is 48.5 Å². The fraction of sp³-hybridized carbons (Fsp3) is 0.300. The van der Waals surface area contributed by atoms with Gasteiger partial charge in [-0.15, -0.1) is 0 Å². The van der Waals surface area contributed by atoms with Crippen molar-refractivity contribution in [3.63, 3.8) is 0 Å². The fourth-order valence-corrected chi connectivity index (χ4v) is 3.58. The van der Waals surface area contributed by atoms with Crippen LogP contribution in [0.25, 0.3) is 0 Å². The molecule has 0 radical (unpaired) electrons. The van der Waals surface area contributed by atoms with E-state index in [2.05, 4.69) is 9.80 Å². The van der Waals surface area contributed by atoms with E-state index in [9.17, 15) is 0 Å². The highest BCUT2D eigenvalue weighted by Crippen LogP contribution is 2.18. The molecule has 0 atom stereocenters. The monoisotopic (exact) mass is 386 g/mol. The van der Waals surface area contributed by atoms with Crippen LogP contribution in [0.15, 0.2) is 48.5 Å². The van der Waals surface area contributed by atoms with Crippen LogP contribution in [0.3, 0.4) is 0 Å². The summed E-state index contributed by atoms with van der Waals surface area (Å²) in [6.45, 7) is 3.45. The van der Waals surface area contributed by atoms with Crippen LogP contribution < -0.4 is 9.47 Å². The maximum absolute atomic E-state index is 5.67. The van der Waals surface area contributed by atoms with Gasteiger partial charge in [-0.3, -0.25) is 0 Å². The summed E-state index contributed by atoms with van der Waals surface area (Å²) in [6, 6.07) is 15.8. The van der Waals surface area contributed by atoms with Crippen LogP contribution in [0, 0.1) is 0 Å².